The minimum atomic E-state index is -0.828. The quantitative estimate of drug-likeness (QED) is 0.867. The number of hydrogen-bond donors (Lipinski definition) is 1. The zero-order valence-corrected chi connectivity index (χ0v) is 16.2. The van der Waals surface area contributed by atoms with Crippen molar-refractivity contribution in [3.8, 4) is 0 Å². The summed E-state index contributed by atoms with van der Waals surface area (Å²) in [5, 5.41) is 11.3. The van der Waals surface area contributed by atoms with E-state index >= 15 is 0 Å². The van der Waals surface area contributed by atoms with E-state index in [1.165, 1.54) is 23.3 Å². The van der Waals surface area contributed by atoms with Crippen LogP contribution in [-0.4, -0.2) is 41.1 Å². The Morgan fingerprint density at radius 2 is 1.52 bits per heavy atom. The van der Waals surface area contributed by atoms with Crippen LogP contribution < -0.4 is 0 Å². The maximum Gasteiger partial charge on any atom is 0.123 e. The number of nitrogens with zero attached hydrogens (tertiary/aromatic N) is 2. The molecule has 0 aromatic heterocycles. The summed E-state index contributed by atoms with van der Waals surface area (Å²) in [4.78, 5) is 4.75. The van der Waals surface area contributed by atoms with E-state index in [0.29, 0.717) is 12.1 Å². The van der Waals surface area contributed by atoms with E-state index in [0.717, 1.165) is 44.3 Å². The van der Waals surface area contributed by atoms with Crippen LogP contribution in [-0.2, 0) is 18.7 Å². The molecule has 2 saturated heterocycles. The second kappa shape index (κ2) is 7.34. The van der Waals surface area contributed by atoms with E-state index in [1.54, 1.807) is 12.1 Å². The second-order valence-corrected chi connectivity index (χ2v) is 8.56. The number of fused-ring (bicyclic) bond motifs is 2. The number of aliphatic hydroxyl groups is 1. The predicted octanol–water partition coefficient (Wildman–Crippen LogP) is 3.90. The molecule has 0 aliphatic carbocycles. The Kier molecular flexibility index (Phi) is 5.06. The molecule has 2 bridgehead atoms. The summed E-state index contributed by atoms with van der Waals surface area (Å²) in [6, 6.07) is 16.1. The first-order valence-electron chi connectivity index (χ1n) is 9.90. The smallest absolute Gasteiger partial charge is 0.123 e. The van der Waals surface area contributed by atoms with Gasteiger partial charge in [-0.15, -0.1) is 0 Å². The van der Waals surface area contributed by atoms with Crippen LogP contribution in [0.25, 0.3) is 0 Å². The molecule has 0 amide bonds. The number of piperidine rings is 1. The van der Waals surface area contributed by atoms with Crippen molar-refractivity contribution in [3.05, 3.63) is 71.0 Å². The molecule has 4 heteroatoms. The lowest BCUT2D eigenvalue weighted by Crippen LogP contribution is -2.49. The Hall–Kier alpha value is -1.75. The lowest BCUT2D eigenvalue weighted by atomic mass is 9.80. The van der Waals surface area contributed by atoms with Gasteiger partial charge in [0, 0.05) is 25.2 Å². The van der Waals surface area contributed by atoms with Gasteiger partial charge in [0.15, 0.2) is 0 Å². The first-order valence-corrected chi connectivity index (χ1v) is 9.90. The molecule has 1 N–H and O–H groups in total. The maximum atomic E-state index is 13.3. The molecule has 144 valence electrons. The summed E-state index contributed by atoms with van der Waals surface area (Å²) in [5.74, 6) is -0.250. The molecule has 2 aromatic rings. The molecule has 0 saturated carbocycles. The topological polar surface area (TPSA) is 26.7 Å². The Bertz CT molecular complexity index is 758. The molecule has 2 atom stereocenters. The third kappa shape index (κ3) is 3.93. The lowest BCUT2D eigenvalue weighted by Gasteiger charge is -2.44. The van der Waals surface area contributed by atoms with Gasteiger partial charge in [-0.1, -0.05) is 36.4 Å². The van der Waals surface area contributed by atoms with Crippen LogP contribution in [0.1, 0.15) is 42.4 Å². The molecule has 2 aliphatic rings. The molecule has 4 rings (SSSR count). The van der Waals surface area contributed by atoms with E-state index in [9.17, 15) is 9.50 Å². The largest absolute Gasteiger partial charge is 0.385 e. The lowest BCUT2D eigenvalue weighted by molar-refractivity contribution is -0.0595. The Morgan fingerprint density at radius 1 is 0.963 bits per heavy atom. The average molecular weight is 368 g/mol. The first kappa shape index (κ1) is 18.6. The highest BCUT2D eigenvalue weighted by Crippen LogP contribution is 2.46. The molecular weight excluding hydrogens is 339 g/mol. The van der Waals surface area contributed by atoms with Gasteiger partial charge in [0.25, 0.3) is 0 Å². The third-order valence-electron chi connectivity index (χ3n) is 6.19. The molecule has 0 radical (unpaired) electrons. The minimum Gasteiger partial charge on any atom is -0.385 e. The van der Waals surface area contributed by atoms with Gasteiger partial charge in [-0.3, -0.25) is 4.90 Å². The zero-order valence-electron chi connectivity index (χ0n) is 16.2. The van der Waals surface area contributed by atoms with Gasteiger partial charge in [0.1, 0.15) is 5.82 Å². The molecule has 2 fully saturated rings. The summed E-state index contributed by atoms with van der Waals surface area (Å²) < 4.78 is 13.3. The highest BCUT2D eigenvalue weighted by Gasteiger charge is 2.48. The molecule has 2 aliphatic heterocycles. The maximum absolute atomic E-state index is 13.3. The van der Waals surface area contributed by atoms with Crippen LogP contribution in [0, 0.1) is 5.82 Å². The second-order valence-electron chi connectivity index (χ2n) is 8.56. The van der Waals surface area contributed by atoms with E-state index in [2.05, 4.69) is 48.2 Å². The third-order valence-corrected chi connectivity index (χ3v) is 6.19. The number of rotatable bonds is 5. The van der Waals surface area contributed by atoms with Crippen molar-refractivity contribution >= 4 is 0 Å². The standard InChI is InChI=1S/C23H29FN2O/c1-25(2)15-17-3-5-18(6-4-17)16-26-21-11-12-22(26)14-23(27,13-21)19-7-9-20(24)10-8-19/h3-10,21-22,27H,11-16H2,1-2H3/t21-,22-/m1/s1. The minimum absolute atomic E-state index is 0.250. The normalized spacial score (nSPS) is 28.0. The van der Waals surface area contributed by atoms with Crippen molar-refractivity contribution in [3.63, 3.8) is 0 Å². The Balaban J connectivity index is 1.45. The summed E-state index contributed by atoms with van der Waals surface area (Å²) in [7, 11) is 4.17. The fourth-order valence-corrected chi connectivity index (χ4v) is 4.90. The molecule has 0 unspecified atom stereocenters. The zero-order chi connectivity index (χ0) is 19.0. The fraction of sp³-hybridized carbons (Fsp3) is 0.478. The first-order chi connectivity index (χ1) is 12.9. The van der Waals surface area contributed by atoms with Crippen LogP contribution in [0.15, 0.2) is 48.5 Å². The summed E-state index contributed by atoms with van der Waals surface area (Å²) in [6.45, 7) is 1.90. The summed E-state index contributed by atoms with van der Waals surface area (Å²) in [5.41, 5.74) is 2.69. The van der Waals surface area contributed by atoms with E-state index < -0.39 is 5.60 Å². The van der Waals surface area contributed by atoms with Crippen molar-refractivity contribution in [2.75, 3.05) is 14.1 Å². The monoisotopic (exact) mass is 368 g/mol. The van der Waals surface area contributed by atoms with Gasteiger partial charge in [-0.25, -0.2) is 4.39 Å². The highest BCUT2D eigenvalue weighted by atomic mass is 19.1. The van der Waals surface area contributed by atoms with Crippen molar-refractivity contribution in [2.24, 2.45) is 0 Å². The SMILES string of the molecule is CN(C)Cc1ccc(CN2[C@@H]3CC[C@@H]2CC(O)(c2ccc(F)cc2)C3)cc1. The Morgan fingerprint density at radius 3 is 2.07 bits per heavy atom. The molecule has 2 aromatic carbocycles. The summed E-state index contributed by atoms with van der Waals surface area (Å²) >= 11 is 0. The van der Waals surface area contributed by atoms with Gasteiger partial charge >= 0.3 is 0 Å². The van der Waals surface area contributed by atoms with Crippen molar-refractivity contribution in [1.29, 1.82) is 0 Å². The van der Waals surface area contributed by atoms with Gasteiger partial charge in [0.2, 0.25) is 0 Å². The van der Waals surface area contributed by atoms with Gasteiger partial charge in [0.05, 0.1) is 5.60 Å². The van der Waals surface area contributed by atoms with Gasteiger partial charge in [-0.2, -0.15) is 0 Å². The van der Waals surface area contributed by atoms with Crippen LogP contribution >= 0.6 is 0 Å². The van der Waals surface area contributed by atoms with E-state index in [4.69, 9.17) is 0 Å². The molecule has 27 heavy (non-hydrogen) atoms. The fourth-order valence-electron chi connectivity index (χ4n) is 4.90. The van der Waals surface area contributed by atoms with Gasteiger partial charge < -0.3 is 10.0 Å². The molecular formula is C23H29FN2O. The Labute approximate surface area is 161 Å². The molecule has 0 spiro atoms. The van der Waals surface area contributed by atoms with Crippen LogP contribution in [0.2, 0.25) is 0 Å². The number of benzene rings is 2. The van der Waals surface area contributed by atoms with Crippen molar-refractivity contribution in [2.45, 2.75) is 56.5 Å². The van der Waals surface area contributed by atoms with Crippen LogP contribution in [0.3, 0.4) is 0 Å². The van der Waals surface area contributed by atoms with Crippen molar-refractivity contribution in [1.82, 2.24) is 9.80 Å². The molecule has 2 heterocycles. The number of halogens is 1. The summed E-state index contributed by atoms with van der Waals surface area (Å²) in [6.07, 6.45) is 3.72. The van der Waals surface area contributed by atoms with E-state index in [-0.39, 0.29) is 5.82 Å². The van der Waals surface area contributed by atoms with Crippen molar-refractivity contribution < 1.29 is 9.50 Å². The van der Waals surface area contributed by atoms with Crippen LogP contribution in [0.5, 0.6) is 0 Å². The van der Waals surface area contributed by atoms with E-state index in [1.807, 2.05) is 0 Å². The predicted molar refractivity (Wildman–Crippen MR) is 106 cm³/mol. The molecule has 3 nitrogen and oxygen atoms in total. The number of hydrogen-bond acceptors (Lipinski definition) is 3. The average Bonchev–Trinajstić information content (AvgIpc) is 2.87. The van der Waals surface area contributed by atoms with Crippen LogP contribution in [0.4, 0.5) is 4.39 Å². The highest BCUT2D eigenvalue weighted by molar-refractivity contribution is 5.27. The van der Waals surface area contributed by atoms with Gasteiger partial charge in [-0.05, 0) is 68.6 Å².